The molecule has 0 radical (unpaired) electrons. The van der Waals surface area contributed by atoms with Gasteiger partial charge in [0.2, 0.25) is 0 Å². The Bertz CT molecular complexity index is 350. The first-order chi connectivity index (χ1) is 7.40. The Morgan fingerprint density at radius 3 is 2.44 bits per heavy atom. The van der Waals surface area contributed by atoms with Gasteiger partial charge < -0.3 is 4.90 Å². The van der Waals surface area contributed by atoms with Crippen molar-refractivity contribution in [3.8, 4) is 0 Å². The number of allylic oxidation sites excluding steroid dienone is 3. The second-order valence-corrected chi connectivity index (χ2v) is 4.88. The molecule has 0 spiro atoms. The van der Waals surface area contributed by atoms with Crippen LogP contribution < -0.4 is 0 Å². The molecule has 0 aromatic heterocycles. The monoisotopic (exact) mass is 221 g/mol. The van der Waals surface area contributed by atoms with E-state index in [-0.39, 0.29) is 5.78 Å². The van der Waals surface area contributed by atoms with Gasteiger partial charge in [-0.05, 0) is 30.9 Å². The highest BCUT2D eigenvalue weighted by Gasteiger charge is 2.26. The number of carbonyl (C=O) groups excluding carboxylic acids is 1. The molecule has 90 valence electrons. The first-order valence-corrected chi connectivity index (χ1v) is 6.10. The van der Waals surface area contributed by atoms with Crippen LogP contribution in [0.1, 0.15) is 41.5 Å². The molecule has 1 aliphatic heterocycles. The van der Waals surface area contributed by atoms with Gasteiger partial charge in [-0.2, -0.15) is 0 Å². The number of carbonyl (C=O) groups is 1. The van der Waals surface area contributed by atoms with Crippen LogP contribution >= 0.6 is 0 Å². The van der Waals surface area contributed by atoms with Crippen LogP contribution in [0.5, 0.6) is 0 Å². The first kappa shape index (κ1) is 13.0. The summed E-state index contributed by atoms with van der Waals surface area (Å²) in [5.74, 6) is 1.10. The molecular formula is C14H23NO. The molecule has 0 bridgehead atoms. The number of Topliss-reactive ketones (excluding diaryl/α,β-unsaturated/α-hetero) is 1. The second-order valence-electron chi connectivity index (χ2n) is 4.88. The normalized spacial score (nSPS) is 21.6. The van der Waals surface area contributed by atoms with E-state index >= 15 is 0 Å². The van der Waals surface area contributed by atoms with Gasteiger partial charge in [0.1, 0.15) is 0 Å². The molecule has 0 amide bonds. The summed E-state index contributed by atoms with van der Waals surface area (Å²) in [6.07, 6.45) is 2.17. The van der Waals surface area contributed by atoms with Crippen LogP contribution in [0.3, 0.4) is 0 Å². The van der Waals surface area contributed by atoms with E-state index in [2.05, 4.69) is 45.7 Å². The molecule has 0 saturated heterocycles. The minimum Gasteiger partial charge on any atom is -0.345 e. The fourth-order valence-corrected chi connectivity index (χ4v) is 2.42. The molecule has 0 saturated carbocycles. The van der Waals surface area contributed by atoms with Crippen molar-refractivity contribution in [1.82, 2.24) is 4.90 Å². The van der Waals surface area contributed by atoms with Crippen LogP contribution in [0.4, 0.5) is 0 Å². The van der Waals surface area contributed by atoms with E-state index in [0.29, 0.717) is 11.8 Å². The molecule has 1 rings (SSSR count). The zero-order chi connectivity index (χ0) is 12.5. The summed E-state index contributed by atoms with van der Waals surface area (Å²) < 4.78 is 0. The van der Waals surface area contributed by atoms with Crippen molar-refractivity contribution >= 4 is 5.78 Å². The van der Waals surface area contributed by atoms with Gasteiger partial charge in [-0.3, -0.25) is 4.79 Å². The molecule has 1 heterocycles. The van der Waals surface area contributed by atoms with Crippen molar-refractivity contribution in [3.05, 3.63) is 23.0 Å². The highest BCUT2D eigenvalue weighted by atomic mass is 16.1. The van der Waals surface area contributed by atoms with Crippen molar-refractivity contribution in [3.63, 3.8) is 0 Å². The molecule has 2 nitrogen and oxygen atoms in total. The van der Waals surface area contributed by atoms with Crippen molar-refractivity contribution in [2.45, 2.75) is 41.5 Å². The van der Waals surface area contributed by atoms with Crippen LogP contribution in [-0.4, -0.2) is 17.2 Å². The van der Waals surface area contributed by atoms with Crippen molar-refractivity contribution in [1.29, 1.82) is 0 Å². The van der Waals surface area contributed by atoms with Gasteiger partial charge in [-0.1, -0.05) is 20.8 Å². The highest BCUT2D eigenvalue weighted by Crippen LogP contribution is 2.34. The van der Waals surface area contributed by atoms with Gasteiger partial charge in [-0.25, -0.2) is 0 Å². The summed E-state index contributed by atoms with van der Waals surface area (Å²) in [5.41, 5.74) is 3.52. The number of rotatable bonds is 3. The summed E-state index contributed by atoms with van der Waals surface area (Å²) in [6.45, 7) is 13.3. The molecular weight excluding hydrogens is 198 g/mol. The molecule has 0 fully saturated rings. The van der Waals surface area contributed by atoms with Crippen LogP contribution in [-0.2, 0) is 4.79 Å². The Kier molecular flexibility index (Phi) is 3.95. The fourth-order valence-electron chi connectivity index (χ4n) is 2.42. The molecule has 0 aromatic carbocycles. The molecule has 1 aliphatic rings. The number of nitrogens with zero attached hydrogens (tertiary/aromatic N) is 1. The van der Waals surface area contributed by atoms with Gasteiger partial charge in [0.05, 0.1) is 5.70 Å². The summed E-state index contributed by atoms with van der Waals surface area (Å²) in [7, 11) is 0. The SMILES string of the molecule is CCN1C=C(C(C)C)C(C)C(C)=C1C(C)=O. The number of hydrogen-bond acceptors (Lipinski definition) is 2. The molecule has 1 atom stereocenters. The van der Waals surface area contributed by atoms with E-state index in [4.69, 9.17) is 0 Å². The zero-order valence-corrected chi connectivity index (χ0v) is 11.3. The maximum Gasteiger partial charge on any atom is 0.176 e. The summed E-state index contributed by atoms with van der Waals surface area (Å²) in [5, 5.41) is 0. The summed E-state index contributed by atoms with van der Waals surface area (Å²) >= 11 is 0. The third-order valence-corrected chi connectivity index (χ3v) is 3.46. The predicted octanol–water partition coefficient (Wildman–Crippen LogP) is 3.36. The van der Waals surface area contributed by atoms with Gasteiger partial charge in [0, 0.05) is 25.6 Å². The Labute approximate surface area is 99.0 Å². The molecule has 2 heteroatoms. The van der Waals surface area contributed by atoms with E-state index < -0.39 is 0 Å². The maximum absolute atomic E-state index is 11.7. The Hall–Kier alpha value is -1.05. The number of ketones is 1. The van der Waals surface area contributed by atoms with Crippen molar-refractivity contribution in [2.75, 3.05) is 6.54 Å². The molecule has 16 heavy (non-hydrogen) atoms. The van der Waals surface area contributed by atoms with E-state index in [9.17, 15) is 4.79 Å². The predicted molar refractivity (Wildman–Crippen MR) is 67.8 cm³/mol. The van der Waals surface area contributed by atoms with E-state index in [0.717, 1.165) is 12.2 Å². The number of likely N-dealkylation sites (N-methyl/N-ethyl adjacent to an activating group) is 1. The minimum absolute atomic E-state index is 0.172. The average molecular weight is 221 g/mol. The lowest BCUT2D eigenvalue weighted by Crippen LogP contribution is -2.30. The Morgan fingerprint density at radius 1 is 1.50 bits per heavy atom. The third kappa shape index (κ3) is 2.21. The minimum atomic E-state index is 0.172. The van der Waals surface area contributed by atoms with Crippen molar-refractivity contribution in [2.24, 2.45) is 11.8 Å². The lowest BCUT2D eigenvalue weighted by molar-refractivity contribution is -0.114. The maximum atomic E-state index is 11.7. The van der Waals surface area contributed by atoms with Gasteiger partial charge in [0.15, 0.2) is 5.78 Å². The fraction of sp³-hybridized carbons (Fsp3) is 0.643. The van der Waals surface area contributed by atoms with E-state index in [1.807, 2.05) is 0 Å². The smallest absolute Gasteiger partial charge is 0.176 e. The van der Waals surface area contributed by atoms with Crippen LogP contribution in [0.25, 0.3) is 0 Å². The van der Waals surface area contributed by atoms with Gasteiger partial charge >= 0.3 is 0 Å². The van der Waals surface area contributed by atoms with Crippen LogP contribution in [0.2, 0.25) is 0 Å². The average Bonchev–Trinajstić information content (AvgIpc) is 2.20. The largest absolute Gasteiger partial charge is 0.345 e. The van der Waals surface area contributed by atoms with E-state index in [1.54, 1.807) is 6.92 Å². The molecule has 0 aliphatic carbocycles. The van der Waals surface area contributed by atoms with Gasteiger partial charge in [-0.15, -0.1) is 0 Å². The zero-order valence-electron chi connectivity index (χ0n) is 11.3. The first-order valence-electron chi connectivity index (χ1n) is 6.10. The number of hydrogen-bond donors (Lipinski definition) is 0. The lowest BCUT2D eigenvalue weighted by atomic mass is 9.83. The Balaban J connectivity index is 3.19. The topological polar surface area (TPSA) is 20.3 Å². The molecule has 1 unspecified atom stereocenters. The van der Waals surface area contributed by atoms with Gasteiger partial charge in [0.25, 0.3) is 0 Å². The standard InChI is InChI=1S/C14H23NO/c1-7-15-8-13(9(2)3)10(4)11(5)14(15)12(6)16/h8-10H,7H2,1-6H3. The molecule has 0 aromatic rings. The third-order valence-electron chi connectivity index (χ3n) is 3.46. The van der Waals surface area contributed by atoms with Crippen LogP contribution in [0, 0.1) is 11.8 Å². The lowest BCUT2D eigenvalue weighted by Gasteiger charge is -2.34. The summed E-state index contributed by atoms with van der Waals surface area (Å²) in [6, 6.07) is 0. The quantitative estimate of drug-likeness (QED) is 0.728. The Morgan fingerprint density at radius 2 is 2.06 bits per heavy atom. The van der Waals surface area contributed by atoms with E-state index in [1.165, 1.54) is 11.1 Å². The molecule has 0 N–H and O–H groups in total. The second kappa shape index (κ2) is 4.86. The highest BCUT2D eigenvalue weighted by molar-refractivity contribution is 5.94. The van der Waals surface area contributed by atoms with Crippen LogP contribution in [0.15, 0.2) is 23.0 Å². The van der Waals surface area contributed by atoms with Crippen molar-refractivity contribution < 1.29 is 4.79 Å². The summed E-state index contributed by atoms with van der Waals surface area (Å²) in [4.78, 5) is 13.8.